The number of hydrogen-bond acceptors (Lipinski definition) is 2. The molecule has 2 aromatic rings. The zero-order chi connectivity index (χ0) is 12.4. The fourth-order valence-corrected chi connectivity index (χ4v) is 1.97. The van der Waals surface area contributed by atoms with E-state index in [0.29, 0.717) is 5.88 Å². The average Bonchev–Trinajstić information content (AvgIpc) is 2.29. The molecule has 0 amide bonds. The summed E-state index contributed by atoms with van der Waals surface area (Å²) in [6.07, 6.45) is 1.69. The number of pyridine rings is 1. The monoisotopic (exact) mass is 311 g/mol. The highest BCUT2D eigenvalue weighted by Crippen LogP contribution is 2.31. The van der Waals surface area contributed by atoms with Gasteiger partial charge >= 0.3 is 0 Å². The van der Waals surface area contributed by atoms with Gasteiger partial charge in [-0.1, -0.05) is 11.6 Å². The standard InChI is InChI=1S/C13H11BrClNO/c1-8-6-10(7-9(2)12(8)15)17-13-11(14)4-3-5-16-13/h3-7H,1-2H3. The number of aromatic nitrogens is 1. The summed E-state index contributed by atoms with van der Waals surface area (Å²) in [6.45, 7) is 3.91. The summed E-state index contributed by atoms with van der Waals surface area (Å²) in [4.78, 5) is 4.15. The zero-order valence-electron chi connectivity index (χ0n) is 9.50. The Hall–Kier alpha value is -1.06. The van der Waals surface area contributed by atoms with Gasteiger partial charge in [0.05, 0.1) is 4.47 Å². The lowest BCUT2D eigenvalue weighted by Gasteiger charge is -2.09. The van der Waals surface area contributed by atoms with E-state index in [-0.39, 0.29) is 0 Å². The predicted molar refractivity (Wildman–Crippen MR) is 72.9 cm³/mol. The van der Waals surface area contributed by atoms with Gasteiger partial charge in [-0.15, -0.1) is 0 Å². The molecular formula is C13H11BrClNO. The molecule has 0 aliphatic rings. The first-order valence-corrected chi connectivity index (χ1v) is 6.30. The third kappa shape index (κ3) is 2.79. The molecule has 88 valence electrons. The lowest BCUT2D eigenvalue weighted by Crippen LogP contribution is -1.91. The van der Waals surface area contributed by atoms with Crippen LogP contribution in [0.1, 0.15) is 11.1 Å². The van der Waals surface area contributed by atoms with Crippen molar-refractivity contribution in [1.29, 1.82) is 0 Å². The smallest absolute Gasteiger partial charge is 0.233 e. The maximum atomic E-state index is 6.10. The number of ether oxygens (including phenoxy) is 1. The van der Waals surface area contributed by atoms with Gasteiger partial charge in [0.1, 0.15) is 5.75 Å². The molecule has 2 rings (SSSR count). The fraction of sp³-hybridized carbons (Fsp3) is 0.154. The van der Waals surface area contributed by atoms with Gasteiger partial charge in [-0.2, -0.15) is 0 Å². The first-order valence-electron chi connectivity index (χ1n) is 5.13. The molecule has 2 nitrogen and oxygen atoms in total. The molecule has 0 bridgehead atoms. The van der Waals surface area contributed by atoms with Crippen molar-refractivity contribution in [2.75, 3.05) is 0 Å². The molecule has 0 aliphatic carbocycles. The molecule has 0 saturated carbocycles. The number of halogens is 2. The first-order chi connectivity index (χ1) is 8.08. The van der Waals surface area contributed by atoms with Gasteiger partial charge in [-0.25, -0.2) is 4.98 Å². The van der Waals surface area contributed by atoms with Crippen LogP contribution in [0.4, 0.5) is 0 Å². The molecule has 0 atom stereocenters. The Bertz CT molecular complexity index is 534. The normalized spacial score (nSPS) is 10.4. The molecule has 4 heteroatoms. The molecule has 0 N–H and O–H groups in total. The minimum Gasteiger partial charge on any atom is -0.438 e. The van der Waals surface area contributed by atoms with Crippen LogP contribution in [0.15, 0.2) is 34.9 Å². The summed E-state index contributed by atoms with van der Waals surface area (Å²) in [5.41, 5.74) is 1.99. The van der Waals surface area contributed by atoms with Crippen molar-refractivity contribution < 1.29 is 4.74 Å². The van der Waals surface area contributed by atoms with Gasteiger partial charge in [0.15, 0.2) is 0 Å². The molecule has 0 unspecified atom stereocenters. The van der Waals surface area contributed by atoms with E-state index in [0.717, 1.165) is 26.4 Å². The lowest BCUT2D eigenvalue weighted by molar-refractivity contribution is 0.459. The number of benzene rings is 1. The summed E-state index contributed by atoms with van der Waals surface area (Å²) in [5.74, 6) is 1.29. The van der Waals surface area contributed by atoms with Crippen LogP contribution in [0.25, 0.3) is 0 Å². The van der Waals surface area contributed by atoms with Crippen molar-refractivity contribution in [3.8, 4) is 11.6 Å². The van der Waals surface area contributed by atoms with E-state index in [1.165, 1.54) is 0 Å². The van der Waals surface area contributed by atoms with E-state index in [1.807, 2.05) is 38.1 Å². The molecule has 0 fully saturated rings. The van der Waals surface area contributed by atoms with Crippen LogP contribution in [0.3, 0.4) is 0 Å². The molecule has 0 aliphatic heterocycles. The van der Waals surface area contributed by atoms with Gasteiger partial charge in [0.2, 0.25) is 5.88 Å². The van der Waals surface area contributed by atoms with Crippen molar-refractivity contribution in [2.45, 2.75) is 13.8 Å². The second kappa shape index (κ2) is 5.07. The van der Waals surface area contributed by atoms with Gasteiger partial charge in [0.25, 0.3) is 0 Å². The van der Waals surface area contributed by atoms with Gasteiger partial charge in [-0.05, 0) is 65.2 Å². The highest BCUT2D eigenvalue weighted by molar-refractivity contribution is 9.10. The maximum Gasteiger partial charge on any atom is 0.233 e. The zero-order valence-corrected chi connectivity index (χ0v) is 11.8. The summed E-state index contributed by atoms with van der Waals surface area (Å²) < 4.78 is 6.53. The van der Waals surface area contributed by atoms with Crippen molar-refractivity contribution in [3.05, 3.63) is 51.1 Å². The van der Waals surface area contributed by atoms with Crippen LogP contribution >= 0.6 is 27.5 Å². The summed E-state index contributed by atoms with van der Waals surface area (Å²) >= 11 is 9.50. The third-order valence-electron chi connectivity index (χ3n) is 2.35. The van der Waals surface area contributed by atoms with Crippen LogP contribution in [-0.2, 0) is 0 Å². The molecule has 1 heterocycles. The number of nitrogens with zero attached hydrogens (tertiary/aromatic N) is 1. The number of aryl methyl sites for hydroxylation is 2. The Kier molecular flexibility index (Phi) is 3.69. The maximum absolute atomic E-state index is 6.10. The minimum absolute atomic E-state index is 0.550. The molecule has 0 saturated heterocycles. The van der Waals surface area contributed by atoms with Gasteiger partial charge < -0.3 is 4.74 Å². The second-order valence-electron chi connectivity index (χ2n) is 3.76. The summed E-state index contributed by atoms with van der Waals surface area (Å²) in [6, 6.07) is 7.53. The SMILES string of the molecule is Cc1cc(Oc2ncccc2Br)cc(C)c1Cl. The van der Waals surface area contributed by atoms with E-state index in [2.05, 4.69) is 20.9 Å². The van der Waals surface area contributed by atoms with Gasteiger partial charge in [-0.3, -0.25) is 0 Å². The number of rotatable bonds is 2. The Morgan fingerprint density at radius 3 is 2.47 bits per heavy atom. The van der Waals surface area contributed by atoms with Crippen molar-refractivity contribution in [2.24, 2.45) is 0 Å². The van der Waals surface area contributed by atoms with Crippen LogP contribution in [0, 0.1) is 13.8 Å². The van der Waals surface area contributed by atoms with E-state index in [1.54, 1.807) is 6.20 Å². The van der Waals surface area contributed by atoms with E-state index in [9.17, 15) is 0 Å². The molecule has 17 heavy (non-hydrogen) atoms. The topological polar surface area (TPSA) is 22.1 Å². The van der Waals surface area contributed by atoms with Gasteiger partial charge in [0, 0.05) is 11.2 Å². The summed E-state index contributed by atoms with van der Waals surface area (Å²) in [7, 11) is 0. The largest absolute Gasteiger partial charge is 0.438 e. The predicted octanol–water partition coefficient (Wildman–Crippen LogP) is 4.91. The number of hydrogen-bond donors (Lipinski definition) is 0. The van der Waals surface area contributed by atoms with Crippen molar-refractivity contribution in [1.82, 2.24) is 4.98 Å². The minimum atomic E-state index is 0.550. The molecular weight excluding hydrogens is 302 g/mol. The molecule has 1 aromatic carbocycles. The molecule has 0 spiro atoms. The Morgan fingerprint density at radius 1 is 1.24 bits per heavy atom. The Labute approximate surface area is 114 Å². The lowest BCUT2D eigenvalue weighted by atomic mass is 10.1. The van der Waals surface area contributed by atoms with Crippen LogP contribution in [0.2, 0.25) is 5.02 Å². The van der Waals surface area contributed by atoms with Crippen LogP contribution < -0.4 is 4.74 Å². The highest BCUT2D eigenvalue weighted by atomic mass is 79.9. The van der Waals surface area contributed by atoms with Crippen LogP contribution in [-0.4, -0.2) is 4.98 Å². The summed E-state index contributed by atoms with van der Waals surface area (Å²) in [5, 5.41) is 0.775. The Balaban J connectivity index is 2.34. The van der Waals surface area contributed by atoms with Crippen LogP contribution in [0.5, 0.6) is 11.6 Å². The quantitative estimate of drug-likeness (QED) is 0.786. The van der Waals surface area contributed by atoms with E-state index >= 15 is 0 Å². The molecule has 0 radical (unpaired) electrons. The van der Waals surface area contributed by atoms with E-state index in [4.69, 9.17) is 16.3 Å². The highest BCUT2D eigenvalue weighted by Gasteiger charge is 2.07. The second-order valence-corrected chi connectivity index (χ2v) is 5.00. The van der Waals surface area contributed by atoms with E-state index < -0.39 is 0 Å². The fourth-order valence-electron chi connectivity index (χ4n) is 1.52. The van der Waals surface area contributed by atoms with Crippen molar-refractivity contribution in [3.63, 3.8) is 0 Å². The Morgan fingerprint density at radius 2 is 1.88 bits per heavy atom. The third-order valence-corrected chi connectivity index (χ3v) is 3.55. The average molecular weight is 313 g/mol. The molecule has 1 aromatic heterocycles. The van der Waals surface area contributed by atoms with Crippen molar-refractivity contribution >= 4 is 27.5 Å². The first kappa shape index (κ1) is 12.4.